The number of hydrogen-bond acceptors (Lipinski definition) is 8. The summed E-state index contributed by atoms with van der Waals surface area (Å²) in [6.45, 7) is 5.31. The van der Waals surface area contributed by atoms with Crippen LogP contribution in [-0.4, -0.2) is 87.5 Å². The summed E-state index contributed by atoms with van der Waals surface area (Å²) in [6, 6.07) is 4.58. The maximum absolute atomic E-state index is 13.0. The number of fused-ring (bicyclic) bond motifs is 3. The van der Waals surface area contributed by atoms with Crippen molar-refractivity contribution in [3.05, 3.63) is 30.1 Å². The van der Waals surface area contributed by atoms with Gasteiger partial charge in [-0.1, -0.05) is 12.1 Å². The third-order valence-electron chi connectivity index (χ3n) is 6.47. The Morgan fingerprint density at radius 3 is 2.94 bits per heavy atom. The number of ether oxygens (including phenoxy) is 3. The molecule has 196 valence electrons. The van der Waals surface area contributed by atoms with E-state index in [2.05, 4.69) is 15.6 Å². The number of carbonyl (C=O) groups excluding carboxylic acids is 2. The predicted molar refractivity (Wildman–Crippen MR) is 129 cm³/mol. The molecule has 12 nitrogen and oxygen atoms in total. The second-order valence-electron chi connectivity index (χ2n) is 9.36. The largest absolute Gasteiger partial charge is 0.454 e. The monoisotopic (exact) mass is 502 g/mol. The van der Waals surface area contributed by atoms with Crippen LogP contribution >= 0.6 is 0 Å². The van der Waals surface area contributed by atoms with Crippen molar-refractivity contribution in [1.82, 2.24) is 24.8 Å². The van der Waals surface area contributed by atoms with Crippen LogP contribution in [-0.2, 0) is 22.7 Å². The summed E-state index contributed by atoms with van der Waals surface area (Å²) in [7, 11) is 1.69. The average Bonchev–Trinajstić information content (AvgIpc) is 3.52. The van der Waals surface area contributed by atoms with Crippen LogP contribution in [0.2, 0.25) is 0 Å². The molecule has 0 unspecified atom stereocenters. The summed E-state index contributed by atoms with van der Waals surface area (Å²) in [5.41, 5.74) is 1.27. The molecule has 3 heterocycles. The summed E-state index contributed by atoms with van der Waals surface area (Å²) >= 11 is 0. The zero-order valence-corrected chi connectivity index (χ0v) is 20.9. The number of benzene rings is 1. The maximum atomic E-state index is 13.0. The van der Waals surface area contributed by atoms with E-state index in [0.29, 0.717) is 48.8 Å². The molecule has 3 atom stereocenters. The van der Waals surface area contributed by atoms with E-state index in [1.54, 1.807) is 39.7 Å². The molecule has 36 heavy (non-hydrogen) atoms. The highest BCUT2D eigenvalue weighted by atomic mass is 16.7. The van der Waals surface area contributed by atoms with Gasteiger partial charge in [0.15, 0.2) is 11.5 Å². The van der Waals surface area contributed by atoms with Crippen molar-refractivity contribution < 1.29 is 28.9 Å². The second kappa shape index (κ2) is 11.6. The number of aliphatic hydroxyl groups excluding tert-OH is 1. The zero-order chi connectivity index (χ0) is 25.7. The number of rotatable bonds is 5. The van der Waals surface area contributed by atoms with Crippen LogP contribution in [0.4, 0.5) is 10.5 Å². The van der Waals surface area contributed by atoms with Crippen molar-refractivity contribution in [3.8, 4) is 11.5 Å². The molecule has 3 amide bonds. The number of hydrogen-bond donors (Lipinski definition) is 2. The molecule has 1 aromatic carbocycles. The predicted octanol–water partition coefficient (Wildman–Crippen LogP) is 1.70. The Balaban J connectivity index is 1.47. The highest BCUT2D eigenvalue weighted by Crippen LogP contribution is 2.34. The first kappa shape index (κ1) is 25.7. The fourth-order valence-corrected chi connectivity index (χ4v) is 4.24. The number of nitrogens with one attached hydrogen (secondary N) is 1. The van der Waals surface area contributed by atoms with Gasteiger partial charge in [-0.05, 0) is 25.5 Å². The first-order chi connectivity index (χ1) is 17.3. The van der Waals surface area contributed by atoms with Crippen LogP contribution in [0.15, 0.2) is 24.4 Å². The van der Waals surface area contributed by atoms with Gasteiger partial charge in [-0.25, -0.2) is 4.79 Å². The van der Waals surface area contributed by atoms with Gasteiger partial charge in [-0.2, -0.15) is 0 Å². The third kappa shape index (κ3) is 6.24. The topological polar surface area (TPSA) is 131 Å². The maximum Gasteiger partial charge on any atom is 0.321 e. The smallest absolute Gasteiger partial charge is 0.321 e. The molecule has 2 aliphatic rings. The van der Waals surface area contributed by atoms with Crippen LogP contribution in [0.1, 0.15) is 32.4 Å². The highest BCUT2D eigenvalue weighted by Gasteiger charge is 2.29. The lowest BCUT2D eigenvalue weighted by Gasteiger charge is -2.35. The SMILES string of the molecule is C[C@@H]1CN([C@@H](C)CO)C(=O)CCCn2cc(nn2)CO[C@@H]1CN(C)C(=O)Nc1ccc2c(c1)OCO2. The van der Waals surface area contributed by atoms with E-state index in [9.17, 15) is 14.7 Å². The van der Waals surface area contributed by atoms with Crippen molar-refractivity contribution in [3.63, 3.8) is 0 Å². The number of nitrogens with zero attached hydrogens (tertiary/aromatic N) is 5. The van der Waals surface area contributed by atoms with E-state index in [1.807, 2.05) is 20.0 Å². The van der Waals surface area contributed by atoms with Gasteiger partial charge in [0.1, 0.15) is 5.69 Å². The van der Waals surface area contributed by atoms with E-state index in [4.69, 9.17) is 14.2 Å². The van der Waals surface area contributed by atoms with Crippen LogP contribution in [0.5, 0.6) is 11.5 Å². The van der Waals surface area contributed by atoms with Crippen molar-refractivity contribution in [2.75, 3.05) is 38.9 Å². The first-order valence-electron chi connectivity index (χ1n) is 12.2. The molecule has 0 aliphatic carbocycles. The number of likely N-dealkylation sites (N-methyl/N-ethyl adjacent to an activating group) is 1. The number of urea groups is 1. The van der Waals surface area contributed by atoms with E-state index >= 15 is 0 Å². The summed E-state index contributed by atoms with van der Waals surface area (Å²) in [5.74, 6) is 1.06. The molecule has 1 aromatic heterocycles. The second-order valence-corrected chi connectivity index (χ2v) is 9.36. The fourth-order valence-electron chi connectivity index (χ4n) is 4.24. The molecule has 2 aromatic rings. The number of aliphatic hydroxyl groups is 1. The number of aryl methyl sites for hydroxylation is 1. The standard InChI is InChI=1S/C24H34N6O6/c1-16-10-30(17(2)13-31)23(32)5-4-8-29-11-19(26-27-29)14-34-22(16)12-28(3)24(33)25-18-6-7-20-21(9-18)36-15-35-20/h6-7,9,11,16-17,22,31H,4-5,8,10,12-15H2,1-3H3,(H,25,33)/t16-,17+,22-/m1/s1. The molecule has 0 fully saturated rings. The summed E-state index contributed by atoms with van der Waals surface area (Å²) in [5, 5.41) is 20.9. The first-order valence-corrected chi connectivity index (χ1v) is 12.2. The molecule has 0 radical (unpaired) electrons. The van der Waals surface area contributed by atoms with Crippen LogP contribution < -0.4 is 14.8 Å². The highest BCUT2D eigenvalue weighted by molar-refractivity contribution is 5.89. The Morgan fingerprint density at radius 1 is 1.33 bits per heavy atom. The zero-order valence-electron chi connectivity index (χ0n) is 20.9. The normalized spacial score (nSPS) is 21.2. The number of carbonyl (C=O) groups is 2. The lowest BCUT2D eigenvalue weighted by Crippen LogP contribution is -2.48. The van der Waals surface area contributed by atoms with Crippen molar-refractivity contribution in [1.29, 1.82) is 0 Å². The quantitative estimate of drug-likeness (QED) is 0.632. The molecule has 0 spiro atoms. The Labute approximate surface area is 210 Å². The molecular weight excluding hydrogens is 468 g/mol. The minimum Gasteiger partial charge on any atom is -0.454 e. The van der Waals surface area contributed by atoms with Gasteiger partial charge < -0.3 is 34.4 Å². The molecule has 2 aliphatic heterocycles. The van der Waals surface area contributed by atoms with Gasteiger partial charge in [-0.3, -0.25) is 9.48 Å². The van der Waals surface area contributed by atoms with Gasteiger partial charge >= 0.3 is 6.03 Å². The Morgan fingerprint density at radius 2 is 2.14 bits per heavy atom. The number of amides is 3. The molecule has 0 saturated heterocycles. The summed E-state index contributed by atoms with van der Waals surface area (Å²) < 4.78 is 18.6. The number of aromatic nitrogens is 3. The van der Waals surface area contributed by atoms with Crippen LogP contribution in [0.3, 0.4) is 0 Å². The summed E-state index contributed by atoms with van der Waals surface area (Å²) in [4.78, 5) is 29.2. The van der Waals surface area contributed by atoms with Crippen molar-refractivity contribution >= 4 is 17.6 Å². The molecule has 4 rings (SSSR count). The minimum absolute atomic E-state index is 0.0318. The van der Waals surface area contributed by atoms with Gasteiger partial charge in [0.05, 0.1) is 31.6 Å². The van der Waals surface area contributed by atoms with Gasteiger partial charge in [0, 0.05) is 50.8 Å². The molecular formula is C24H34N6O6. The van der Waals surface area contributed by atoms with Gasteiger partial charge in [0.2, 0.25) is 12.7 Å². The van der Waals surface area contributed by atoms with Gasteiger partial charge in [-0.15, -0.1) is 5.10 Å². The Bertz CT molecular complexity index is 1060. The van der Waals surface area contributed by atoms with Gasteiger partial charge in [0.25, 0.3) is 0 Å². The van der Waals surface area contributed by atoms with Crippen LogP contribution in [0.25, 0.3) is 0 Å². The lowest BCUT2D eigenvalue weighted by molar-refractivity contribution is -0.136. The Hall–Kier alpha value is -3.38. The average molecular weight is 503 g/mol. The lowest BCUT2D eigenvalue weighted by atomic mass is 10.0. The van der Waals surface area contributed by atoms with E-state index < -0.39 is 6.10 Å². The molecule has 2 bridgehead atoms. The third-order valence-corrected chi connectivity index (χ3v) is 6.47. The van der Waals surface area contributed by atoms with Crippen molar-refractivity contribution in [2.45, 2.75) is 52.0 Å². The van der Waals surface area contributed by atoms with E-state index in [-0.39, 0.29) is 50.4 Å². The Kier molecular flexibility index (Phi) is 8.26. The number of anilines is 1. The summed E-state index contributed by atoms with van der Waals surface area (Å²) in [6.07, 6.45) is 2.38. The fraction of sp³-hybridized carbons (Fsp3) is 0.583. The van der Waals surface area contributed by atoms with E-state index in [0.717, 1.165) is 0 Å². The molecule has 0 saturated carbocycles. The molecule has 12 heteroatoms. The van der Waals surface area contributed by atoms with Crippen LogP contribution in [0, 0.1) is 5.92 Å². The van der Waals surface area contributed by atoms with Crippen molar-refractivity contribution in [2.24, 2.45) is 5.92 Å². The van der Waals surface area contributed by atoms with E-state index in [1.165, 1.54) is 0 Å². The minimum atomic E-state index is -0.399. The molecule has 2 N–H and O–H groups in total.